The fourth-order valence-corrected chi connectivity index (χ4v) is 8.22. The second kappa shape index (κ2) is 9.49. The van der Waals surface area contributed by atoms with Crippen LogP contribution in [-0.2, 0) is 25.2 Å². The number of fused-ring (bicyclic) bond motifs is 5. The number of hydrogen-bond donors (Lipinski definition) is 1. The minimum absolute atomic E-state index is 0.0229. The highest BCUT2D eigenvalue weighted by Gasteiger charge is 2.79. The Hall–Kier alpha value is -3.53. The lowest BCUT2D eigenvalue weighted by atomic mass is 9.44. The van der Waals surface area contributed by atoms with Crippen LogP contribution in [-0.4, -0.2) is 53.0 Å². The number of carbonyl (C=O) groups is 3. The van der Waals surface area contributed by atoms with Gasteiger partial charge in [0.1, 0.15) is 12.2 Å². The first-order chi connectivity index (χ1) is 19.5. The fraction of sp³-hybridized carbons (Fsp3) is 0.586. The molecule has 42 heavy (non-hydrogen) atoms. The van der Waals surface area contributed by atoms with Crippen LogP contribution < -0.4 is 0 Å². The average molecular weight is 598 g/mol. The second-order valence-corrected chi connectivity index (χ2v) is 12.0. The molecule has 1 N–H and O–H groups in total. The molecule has 226 valence electrons. The average Bonchev–Trinajstić information content (AvgIpc) is 3.49. The van der Waals surface area contributed by atoms with E-state index in [-0.39, 0.29) is 12.0 Å². The summed E-state index contributed by atoms with van der Waals surface area (Å²) >= 11 is 0. The molecular weight excluding hydrogens is 569 g/mol. The second-order valence-electron chi connectivity index (χ2n) is 12.0. The van der Waals surface area contributed by atoms with E-state index in [0.717, 1.165) is 18.2 Å². The number of aliphatic hydroxyl groups excluding tert-OH is 1. The maximum absolute atomic E-state index is 17.5. The number of allylic oxidation sites excluding steroid dienone is 4. The number of aliphatic hydroxyl groups is 1. The lowest BCUT2D eigenvalue weighted by molar-refractivity contribution is -0.231. The van der Waals surface area contributed by atoms with E-state index >= 15 is 8.78 Å². The SMILES string of the molecule is C[C@@H]1C[C@H]2[C@@H]3C[C@H](F)C4=CC(=O)C=C[C@]4(C)[C@@]3(F)[C@@H](O)C[C@]2(C)[C@@]1(OC(=O)c1ccc(C(F)(F)F)o1)C(=O)OCC#N. The monoisotopic (exact) mass is 597 g/mol. The minimum atomic E-state index is -4.91. The number of alkyl halides is 5. The lowest BCUT2D eigenvalue weighted by Gasteiger charge is -2.63. The van der Waals surface area contributed by atoms with Crippen LogP contribution in [0.15, 0.2) is 40.4 Å². The zero-order valence-corrected chi connectivity index (χ0v) is 22.8. The molecule has 0 saturated heterocycles. The maximum atomic E-state index is 17.5. The molecule has 0 amide bonds. The van der Waals surface area contributed by atoms with Crippen molar-refractivity contribution in [2.45, 2.75) is 69.8 Å². The Morgan fingerprint density at radius 1 is 1.21 bits per heavy atom. The van der Waals surface area contributed by atoms with E-state index in [9.17, 15) is 32.7 Å². The minimum Gasteiger partial charge on any atom is -0.447 e. The van der Waals surface area contributed by atoms with Gasteiger partial charge in [0.2, 0.25) is 17.1 Å². The Kier molecular flexibility index (Phi) is 6.77. The van der Waals surface area contributed by atoms with Crippen LogP contribution in [0.5, 0.6) is 0 Å². The fourth-order valence-electron chi connectivity index (χ4n) is 8.22. The number of hydrogen-bond acceptors (Lipinski definition) is 8. The van der Waals surface area contributed by atoms with Gasteiger partial charge in [-0.3, -0.25) is 4.79 Å². The van der Waals surface area contributed by atoms with Crippen molar-refractivity contribution in [2.75, 3.05) is 6.61 Å². The summed E-state index contributed by atoms with van der Waals surface area (Å²) in [5.41, 5.74) is -8.26. The van der Waals surface area contributed by atoms with E-state index in [2.05, 4.69) is 4.42 Å². The molecule has 0 aromatic carbocycles. The van der Waals surface area contributed by atoms with Gasteiger partial charge in [-0.15, -0.1) is 0 Å². The first-order valence-corrected chi connectivity index (χ1v) is 13.4. The highest BCUT2D eigenvalue weighted by atomic mass is 19.4. The van der Waals surface area contributed by atoms with Gasteiger partial charge in [0.05, 0.1) is 6.10 Å². The van der Waals surface area contributed by atoms with E-state index in [1.54, 1.807) is 6.07 Å². The summed E-state index contributed by atoms with van der Waals surface area (Å²) in [5, 5.41) is 20.6. The molecule has 3 saturated carbocycles. The predicted molar refractivity (Wildman–Crippen MR) is 132 cm³/mol. The number of ketones is 1. The Morgan fingerprint density at radius 3 is 2.52 bits per heavy atom. The number of halogens is 5. The van der Waals surface area contributed by atoms with Crippen molar-refractivity contribution in [3.63, 3.8) is 0 Å². The maximum Gasteiger partial charge on any atom is 0.449 e. The third-order valence-electron chi connectivity index (χ3n) is 10.1. The normalized spacial score (nSPS) is 40.7. The number of nitriles is 1. The summed E-state index contributed by atoms with van der Waals surface area (Å²) in [4.78, 5) is 39.0. The Bertz CT molecular complexity index is 1440. The molecule has 3 fully saturated rings. The Balaban J connectivity index is 1.61. The quantitative estimate of drug-likeness (QED) is 0.387. The molecular formula is C29H28F5NO7. The van der Waals surface area contributed by atoms with E-state index in [1.807, 2.05) is 0 Å². The van der Waals surface area contributed by atoms with E-state index in [4.69, 9.17) is 14.7 Å². The van der Waals surface area contributed by atoms with E-state index < -0.39 is 107 Å². The smallest absolute Gasteiger partial charge is 0.447 e. The third-order valence-corrected chi connectivity index (χ3v) is 10.1. The molecule has 9 atom stereocenters. The molecule has 4 aliphatic rings. The summed E-state index contributed by atoms with van der Waals surface area (Å²) in [7, 11) is 0. The number of carbonyl (C=O) groups excluding carboxylic acids is 3. The molecule has 0 radical (unpaired) electrons. The standard InChI is InChI=1S/C29H28F5NO7/c1-14-10-16-17-12-19(30)18-11-15(36)6-7-25(18,2)27(17,31)21(37)13-26(16,3)28(14,24(39)40-9-8-35)42-23(38)20-4-5-22(41-20)29(32,33)34/h4-7,11,14,16-17,19,21,37H,9-10,12-13H2,1-3H3/t14-,16+,17+,19+,21+,25+,26+,27+,28+/m1/s1. The van der Waals surface area contributed by atoms with Crippen LogP contribution in [0.25, 0.3) is 0 Å². The van der Waals surface area contributed by atoms with Crippen LogP contribution >= 0.6 is 0 Å². The van der Waals surface area contributed by atoms with Crippen LogP contribution in [0.4, 0.5) is 22.0 Å². The number of ether oxygens (including phenoxy) is 2. The summed E-state index contributed by atoms with van der Waals surface area (Å²) in [6, 6.07) is 2.86. The Morgan fingerprint density at radius 2 is 1.90 bits per heavy atom. The molecule has 4 aliphatic carbocycles. The predicted octanol–water partition coefficient (Wildman–Crippen LogP) is 4.83. The Labute approximate surface area is 237 Å². The van der Waals surface area contributed by atoms with Gasteiger partial charge in [0.25, 0.3) is 0 Å². The van der Waals surface area contributed by atoms with Gasteiger partial charge in [0, 0.05) is 22.7 Å². The molecule has 0 aliphatic heterocycles. The first-order valence-electron chi connectivity index (χ1n) is 13.4. The molecule has 8 nitrogen and oxygen atoms in total. The molecule has 5 rings (SSSR count). The summed E-state index contributed by atoms with van der Waals surface area (Å²) in [5.74, 6) is -8.65. The molecule has 0 spiro atoms. The molecule has 1 aromatic rings. The highest BCUT2D eigenvalue weighted by Crippen LogP contribution is 2.71. The van der Waals surface area contributed by atoms with Crippen LogP contribution in [0.2, 0.25) is 0 Å². The first kappa shape index (κ1) is 29.9. The number of furan rings is 1. The van der Waals surface area contributed by atoms with Gasteiger partial charge in [-0.2, -0.15) is 18.4 Å². The largest absolute Gasteiger partial charge is 0.449 e. The number of nitrogens with zero attached hydrogens (tertiary/aromatic N) is 1. The lowest BCUT2D eigenvalue weighted by Crippen LogP contribution is -2.71. The van der Waals surface area contributed by atoms with Gasteiger partial charge in [-0.05, 0) is 62.0 Å². The van der Waals surface area contributed by atoms with Crippen LogP contribution in [0, 0.1) is 39.9 Å². The van der Waals surface area contributed by atoms with Crippen molar-refractivity contribution in [1.82, 2.24) is 0 Å². The molecule has 0 unspecified atom stereocenters. The van der Waals surface area contributed by atoms with E-state index in [0.29, 0.717) is 6.07 Å². The van der Waals surface area contributed by atoms with Crippen LogP contribution in [0.3, 0.4) is 0 Å². The van der Waals surface area contributed by atoms with Crippen molar-refractivity contribution in [3.05, 3.63) is 47.5 Å². The zero-order valence-electron chi connectivity index (χ0n) is 22.8. The van der Waals surface area contributed by atoms with Gasteiger partial charge in [0.15, 0.2) is 18.1 Å². The van der Waals surface area contributed by atoms with Crippen molar-refractivity contribution >= 4 is 17.7 Å². The van der Waals surface area contributed by atoms with Gasteiger partial charge >= 0.3 is 18.1 Å². The van der Waals surface area contributed by atoms with Gasteiger partial charge in [-0.25, -0.2) is 18.4 Å². The van der Waals surface area contributed by atoms with Crippen LogP contribution in [0.1, 0.15) is 56.3 Å². The van der Waals surface area contributed by atoms with Gasteiger partial charge < -0.3 is 19.0 Å². The molecule has 13 heteroatoms. The van der Waals surface area contributed by atoms with Crippen molar-refractivity contribution in [1.29, 1.82) is 5.26 Å². The molecule has 0 bridgehead atoms. The van der Waals surface area contributed by atoms with E-state index in [1.165, 1.54) is 26.8 Å². The summed E-state index contributed by atoms with van der Waals surface area (Å²) < 4.78 is 88.0. The topological polar surface area (TPSA) is 127 Å². The number of rotatable bonds is 4. The van der Waals surface area contributed by atoms with Crippen molar-refractivity contribution < 1.29 is 55.3 Å². The molecule has 1 aromatic heterocycles. The third kappa shape index (κ3) is 3.83. The van der Waals surface area contributed by atoms with Crippen molar-refractivity contribution in [3.8, 4) is 6.07 Å². The summed E-state index contributed by atoms with van der Waals surface area (Å²) in [6.45, 7) is 3.58. The molecule has 1 heterocycles. The zero-order chi connectivity index (χ0) is 31.0. The summed E-state index contributed by atoms with van der Waals surface area (Å²) in [6.07, 6.45) is -6.13. The highest BCUT2D eigenvalue weighted by molar-refractivity contribution is 6.01. The van der Waals surface area contributed by atoms with Gasteiger partial charge in [-0.1, -0.05) is 19.9 Å². The van der Waals surface area contributed by atoms with Crippen molar-refractivity contribution in [2.24, 2.45) is 28.6 Å². The number of esters is 2.